The van der Waals surface area contributed by atoms with Gasteiger partial charge in [0, 0.05) is 38.9 Å². The van der Waals surface area contributed by atoms with E-state index in [1.165, 1.54) is 0 Å². The zero-order valence-electron chi connectivity index (χ0n) is 16.1. The molecule has 2 aliphatic carbocycles. The van der Waals surface area contributed by atoms with Crippen LogP contribution in [0.15, 0.2) is 18.3 Å². The van der Waals surface area contributed by atoms with Crippen LogP contribution in [0, 0.1) is 17.3 Å². The number of aryl methyl sites for hydroxylation is 1. The third-order valence-electron chi connectivity index (χ3n) is 6.48. The summed E-state index contributed by atoms with van der Waals surface area (Å²) in [6.07, 6.45) is 5.94. The third-order valence-corrected chi connectivity index (χ3v) is 6.48. The fourth-order valence-corrected chi connectivity index (χ4v) is 5.07. The van der Waals surface area contributed by atoms with E-state index in [9.17, 15) is 9.59 Å². The lowest BCUT2D eigenvalue weighted by molar-refractivity contribution is -0.136. The number of carbonyl (C=O) groups is 2. The molecule has 6 heteroatoms. The van der Waals surface area contributed by atoms with Crippen LogP contribution in [0.3, 0.4) is 0 Å². The van der Waals surface area contributed by atoms with E-state index in [1.807, 2.05) is 44.0 Å². The lowest BCUT2D eigenvalue weighted by Gasteiger charge is -2.26. The summed E-state index contributed by atoms with van der Waals surface area (Å²) in [7, 11) is 5.99. The fraction of sp³-hybridized carbons (Fsp3) is 0.700. The van der Waals surface area contributed by atoms with Crippen molar-refractivity contribution in [1.82, 2.24) is 19.7 Å². The van der Waals surface area contributed by atoms with Crippen molar-refractivity contribution in [3.63, 3.8) is 0 Å². The minimum absolute atomic E-state index is 0.0123. The van der Waals surface area contributed by atoms with E-state index in [-0.39, 0.29) is 17.4 Å². The molecule has 2 atom stereocenters. The van der Waals surface area contributed by atoms with Crippen LogP contribution in [-0.4, -0.2) is 66.0 Å². The number of carbonyl (C=O) groups excluding carboxylic acids is 2. The number of aromatic nitrogens is 1. The topological polar surface area (TPSA) is 57.6 Å². The molecule has 6 nitrogen and oxygen atoms in total. The van der Waals surface area contributed by atoms with Crippen molar-refractivity contribution in [2.45, 2.75) is 31.7 Å². The van der Waals surface area contributed by atoms with Gasteiger partial charge in [0.2, 0.25) is 5.91 Å². The summed E-state index contributed by atoms with van der Waals surface area (Å²) in [5, 5.41) is 3.19. The summed E-state index contributed by atoms with van der Waals surface area (Å²) >= 11 is 0. The minimum atomic E-state index is -0.109. The highest BCUT2D eigenvalue weighted by Gasteiger charge is 2.54. The van der Waals surface area contributed by atoms with Gasteiger partial charge in [0.25, 0.3) is 5.91 Å². The quantitative estimate of drug-likeness (QED) is 0.864. The highest BCUT2D eigenvalue weighted by molar-refractivity contribution is 5.93. The summed E-state index contributed by atoms with van der Waals surface area (Å²) in [6.45, 7) is 2.61. The van der Waals surface area contributed by atoms with Gasteiger partial charge in [-0.1, -0.05) is 0 Å². The summed E-state index contributed by atoms with van der Waals surface area (Å²) in [6, 6.07) is 3.98. The fourth-order valence-electron chi connectivity index (χ4n) is 5.07. The Kier molecular flexibility index (Phi) is 4.34. The molecule has 3 aliphatic rings. The normalized spacial score (nSPS) is 29.1. The molecule has 1 aliphatic heterocycles. The Morgan fingerprint density at radius 3 is 2.38 bits per heavy atom. The second-order valence-electron chi connectivity index (χ2n) is 8.89. The Balaban J connectivity index is 1.31. The molecule has 1 N–H and O–H groups in total. The molecule has 2 saturated carbocycles. The Morgan fingerprint density at radius 1 is 1.23 bits per heavy atom. The van der Waals surface area contributed by atoms with Crippen LogP contribution in [-0.2, 0) is 11.8 Å². The van der Waals surface area contributed by atoms with Gasteiger partial charge in [-0.05, 0) is 63.7 Å². The molecule has 26 heavy (non-hydrogen) atoms. The molecule has 0 spiro atoms. The number of hydrogen-bond acceptors (Lipinski definition) is 3. The summed E-state index contributed by atoms with van der Waals surface area (Å²) < 4.78 is 1.85. The van der Waals surface area contributed by atoms with E-state index in [0.717, 1.165) is 45.3 Å². The van der Waals surface area contributed by atoms with Crippen LogP contribution in [0.4, 0.5) is 0 Å². The van der Waals surface area contributed by atoms with Crippen molar-refractivity contribution < 1.29 is 9.59 Å². The smallest absolute Gasteiger partial charge is 0.268 e. The second-order valence-corrected chi connectivity index (χ2v) is 8.89. The molecule has 2 unspecified atom stereocenters. The predicted molar refractivity (Wildman–Crippen MR) is 99.7 cm³/mol. The molecule has 1 saturated heterocycles. The number of rotatable bonds is 5. The van der Waals surface area contributed by atoms with Crippen molar-refractivity contribution in [2.24, 2.45) is 24.3 Å². The first-order valence-corrected chi connectivity index (χ1v) is 9.74. The number of likely N-dealkylation sites (tertiary alicyclic amines) is 1. The molecule has 142 valence electrons. The first-order valence-electron chi connectivity index (χ1n) is 9.74. The average Bonchev–Trinajstić information content (AvgIpc) is 2.90. The molecular weight excluding hydrogens is 328 g/mol. The van der Waals surface area contributed by atoms with Crippen LogP contribution < -0.4 is 5.32 Å². The van der Waals surface area contributed by atoms with Crippen LogP contribution in [0.1, 0.15) is 36.2 Å². The van der Waals surface area contributed by atoms with E-state index < -0.39 is 0 Å². The summed E-state index contributed by atoms with van der Waals surface area (Å²) in [4.78, 5) is 29.6. The number of nitrogens with zero attached hydrogens (tertiary/aromatic N) is 3. The van der Waals surface area contributed by atoms with Crippen molar-refractivity contribution in [3.05, 3.63) is 24.0 Å². The zero-order valence-corrected chi connectivity index (χ0v) is 16.1. The molecule has 0 aromatic carbocycles. The number of nitrogens with one attached hydrogen (secondary N) is 1. The molecule has 0 bridgehead atoms. The molecule has 2 heterocycles. The molecule has 3 fully saturated rings. The van der Waals surface area contributed by atoms with E-state index in [0.29, 0.717) is 23.4 Å². The van der Waals surface area contributed by atoms with Crippen molar-refractivity contribution in [2.75, 3.05) is 33.7 Å². The first kappa shape index (κ1) is 17.6. The molecule has 4 rings (SSSR count). The average molecular weight is 358 g/mol. The zero-order chi connectivity index (χ0) is 18.5. The molecule has 2 amide bonds. The lowest BCUT2D eigenvalue weighted by atomic mass is 10.0. The van der Waals surface area contributed by atoms with Gasteiger partial charge in [0.15, 0.2) is 0 Å². The van der Waals surface area contributed by atoms with Crippen LogP contribution in [0.2, 0.25) is 0 Å². The van der Waals surface area contributed by atoms with E-state index >= 15 is 0 Å². The molecule has 1 aromatic heterocycles. The molecular formula is C20H30N4O2. The highest BCUT2D eigenvalue weighted by Crippen LogP contribution is 2.49. The second kappa shape index (κ2) is 6.41. The Labute approximate surface area is 155 Å². The first-order chi connectivity index (χ1) is 12.4. The number of fused-ring (bicyclic) bond motifs is 1. The van der Waals surface area contributed by atoms with Crippen LogP contribution >= 0.6 is 0 Å². The maximum atomic E-state index is 13.0. The van der Waals surface area contributed by atoms with Gasteiger partial charge in [-0.2, -0.15) is 0 Å². The van der Waals surface area contributed by atoms with E-state index in [4.69, 9.17) is 0 Å². The standard InChI is InChI=1S/C20H30N4O2/c1-22(2)13-20(6-7-20)19(26)24-11-14-9-16(10-15(14)12-24)21-18(25)17-5-4-8-23(17)3/h4-5,8,14-16H,6-7,9-13H2,1-3H3,(H,21,25). The SMILES string of the molecule is CN(C)CC1(C(=O)N2CC3CC(NC(=O)c4cccn4C)CC3C2)CC1. The third kappa shape index (κ3) is 3.15. The lowest BCUT2D eigenvalue weighted by Crippen LogP contribution is -2.41. The van der Waals surface area contributed by atoms with Gasteiger partial charge in [0.1, 0.15) is 5.69 Å². The van der Waals surface area contributed by atoms with Gasteiger partial charge in [-0.25, -0.2) is 0 Å². The highest BCUT2D eigenvalue weighted by atomic mass is 16.2. The van der Waals surface area contributed by atoms with Gasteiger partial charge in [0.05, 0.1) is 5.41 Å². The summed E-state index contributed by atoms with van der Waals surface area (Å²) in [5.74, 6) is 1.45. The van der Waals surface area contributed by atoms with Crippen LogP contribution in [0.25, 0.3) is 0 Å². The molecule has 0 radical (unpaired) electrons. The van der Waals surface area contributed by atoms with Crippen LogP contribution in [0.5, 0.6) is 0 Å². The number of amides is 2. The van der Waals surface area contributed by atoms with E-state index in [2.05, 4.69) is 15.1 Å². The maximum absolute atomic E-state index is 13.0. The summed E-state index contributed by atoms with van der Waals surface area (Å²) in [5.41, 5.74) is 0.598. The largest absolute Gasteiger partial charge is 0.348 e. The van der Waals surface area contributed by atoms with E-state index in [1.54, 1.807) is 0 Å². The molecule has 1 aromatic rings. The monoisotopic (exact) mass is 358 g/mol. The van der Waals surface area contributed by atoms with Crippen molar-refractivity contribution >= 4 is 11.8 Å². The Hall–Kier alpha value is -1.82. The van der Waals surface area contributed by atoms with Crippen molar-refractivity contribution in [3.8, 4) is 0 Å². The Morgan fingerprint density at radius 2 is 1.88 bits per heavy atom. The number of hydrogen-bond donors (Lipinski definition) is 1. The maximum Gasteiger partial charge on any atom is 0.268 e. The van der Waals surface area contributed by atoms with Gasteiger partial charge in [-0.15, -0.1) is 0 Å². The van der Waals surface area contributed by atoms with Gasteiger partial charge >= 0.3 is 0 Å². The Bertz CT molecular complexity index is 692. The van der Waals surface area contributed by atoms with Gasteiger partial charge < -0.3 is 19.7 Å². The van der Waals surface area contributed by atoms with Crippen molar-refractivity contribution in [1.29, 1.82) is 0 Å². The minimum Gasteiger partial charge on any atom is -0.348 e. The predicted octanol–water partition coefficient (Wildman–Crippen LogP) is 1.33. The van der Waals surface area contributed by atoms with Gasteiger partial charge in [-0.3, -0.25) is 9.59 Å².